The highest BCUT2D eigenvalue weighted by molar-refractivity contribution is 6.93. The lowest BCUT2D eigenvalue weighted by molar-refractivity contribution is -0.0666. The van der Waals surface area contributed by atoms with Crippen molar-refractivity contribution in [2.45, 2.75) is 97.7 Å². The van der Waals surface area contributed by atoms with E-state index in [-0.39, 0.29) is 6.29 Å². The molecule has 0 N–H and O–H groups in total. The average Bonchev–Trinajstić information content (AvgIpc) is 2.61. The minimum atomic E-state index is -2.44. The number of rotatable bonds is 9. The van der Waals surface area contributed by atoms with Crippen LogP contribution in [-0.4, -0.2) is 47.1 Å². The molecule has 2 unspecified atom stereocenters. The van der Waals surface area contributed by atoms with Gasteiger partial charge in [-0.2, -0.15) is 0 Å². The van der Waals surface area contributed by atoms with Gasteiger partial charge in [0.05, 0.1) is 6.61 Å². The van der Waals surface area contributed by atoms with E-state index in [4.69, 9.17) is 25.9 Å². The highest BCUT2D eigenvalue weighted by Crippen LogP contribution is 2.33. The molecule has 0 aliphatic carbocycles. The van der Waals surface area contributed by atoms with E-state index in [9.17, 15) is 0 Å². The highest BCUT2D eigenvalue weighted by Gasteiger charge is 2.52. The summed E-state index contributed by atoms with van der Waals surface area (Å²) in [6.45, 7) is 21.7. The molecule has 0 saturated carbocycles. The van der Waals surface area contributed by atoms with E-state index in [0.717, 1.165) is 24.6 Å². The van der Waals surface area contributed by atoms with E-state index >= 15 is 0 Å². The molecule has 0 amide bonds. The zero-order chi connectivity index (χ0) is 24.2. The molecular weight excluding hydrogens is 473 g/mol. The summed E-state index contributed by atoms with van der Waals surface area (Å²) in [5.41, 5.74) is 1.34. The van der Waals surface area contributed by atoms with Gasteiger partial charge in [-0.15, -0.1) is 0 Å². The Hall–Kier alpha value is -0.312. The van der Waals surface area contributed by atoms with Crippen LogP contribution < -0.4 is 4.74 Å². The summed E-state index contributed by atoms with van der Waals surface area (Å²) in [6.07, 6.45) is 1.67. The van der Waals surface area contributed by atoms with Crippen molar-refractivity contribution < 1.29 is 25.9 Å². The van der Waals surface area contributed by atoms with E-state index in [1.807, 2.05) is 19.1 Å². The lowest BCUT2D eigenvalue weighted by Crippen LogP contribution is -2.65. The molecule has 1 fully saturated rings. The molecule has 1 aromatic carbocycles. The third kappa shape index (κ3) is 9.15. The number of ether oxygens (including phenoxy) is 2. The standard InChI is InChI=1S/C22H44O6Si4/c1-11-19(2)21-13-15-22(16-14-21)24-20(3)23-17-12-18-32(10)27-30(6,7)25-29(4,5)26-31(8,9)28-32/h13-16,19-20H,11-12,17-18H2,1-10H3. The van der Waals surface area contributed by atoms with Gasteiger partial charge in [0.15, 0.2) is 6.29 Å². The van der Waals surface area contributed by atoms with E-state index < -0.39 is 34.2 Å². The van der Waals surface area contributed by atoms with Crippen molar-refractivity contribution >= 4 is 34.2 Å². The van der Waals surface area contributed by atoms with Crippen LogP contribution in [0.1, 0.15) is 45.1 Å². The molecule has 0 bridgehead atoms. The maximum atomic E-state index is 6.62. The molecule has 0 aromatic heterocycles. The maximum Gasteiger partial charge on any atom is 0.317 e. The molecule has 0 spiro atoms. The molecule has 10 heteroatoms. The van der Waals surface area contributed by atoms with Crippen molar-refractivity contribution in [1.29, 1.82) is 0 Å². The van der Waals surface area contributed by atoms with Crippen LogP contribution in [0.15, 0.2) is 24.3 Å². The van der Waals surface area contributed by atoms with Crippen molar-refractivity contribution in [1.82, 2.24) is 0 Å². The summed E-state index contributed by atoms with van der Waals surface area (Å²) in [5.74, 6) is 1.39. The first-order valence-corrected chi connectivity index (χ1v) is 22.8. The van der Waals surface area contributed by atoms with Crippen LogP contribution in [-0.2, 0) is 21.2 Å². The first-order valence-electron chi connectivity index (χ1n) is 11.8. The number of benzene rings is 1. The van der Waals surface area contributed by atoms with Gasteiger partial charge in [0.2, 0.25) is 0 Å². The summed E-state index contributed by atoms with van der Waals surface area (Å²) in [4.78, 5) is 0. The summed E-state index contributed by atoms with van der Waals surface area (Å²) in [5, 5.41) is 0. The van der Waals surface area contributed by atoms with Crippen molar-refractivity contribution in [3.8, 4) is 5.75 Å². The fourth-order valence-corrected chi connectivity index (χ4v) is 25.9. The van der Waals surface area contributed by atoms with Crippen LogP contribution in [0.25, 0.3) is 0 Å². The van der Waals surface area contributed by atoms with Gasteiger partial charge in [-0.1, -0.05) is 26.0 Å². The van der Waals surface area contributed by atoms with Crippen LogP contribution >= 0.6 is 0 Å². The molecule has 184 valence electrons. The smallest absolute Gasteiger partial charge is 0.317 e. The van der Waals surface area contributed by atoms with Gasteiger partial charge in [0.25, 0.3) is 0 Å². The third-order valence-electron chi connectivity index (χ3n) is 5.40. The first kappa shape index (κ1) is 27.9. The normalized spacial score (nSPS) is 23.6. The topological polar surface area (TPSA) is 55.4 Å². The summed E-state index contributed by atoms with van der Waals surface area (Å²) < 4.78 is 37.9. The Bertz CT molecular complexity index is 704. The predicted molar refractivity (Wildman–Crippen MR) is 139 cm³/mol. The molecule has 2 rings (SSSR count). The Morgan fingerprint density at radius 3 is 1.78 bits per heavy atom. The second-order valence-electron chi connectivity index (χ2n) is 10.3. The van der Waals surface area contributed by atoms with Crippen molar-refractivity contribution in [3.05, 3.63) is 29.8 Å². The fraction of sp³-hybridized carbons (Fsp3) is 0.727. The van der Waals surface area contributed by atoms with Crippen LogP contribution in [0.5, 0.6) is 5.75 Å². The second-order valence-corrected chi connectivity index (χ2v) is 24.7. The Balaban J connectivity index is 1.85. The van der Waals surface area contributed by atoms with Crippen LogP contribution in [0.2, 0.25) is 51.9 Å². The molecule has 1 aromatic rings. The molecule has 32 heavy (non-hydrogen) atoms. The zero-order valence-corrected chi connectivity index (χ0v) is 25.7. The molecule has 1 saturated heterocycles. The molecule has 2 atom stereocenters. The molecule has 1 aliphatic heterocycles. The van der Waals surface area contributed by atoms with Gasteiger partial charge in [-0.05, 0) is 95.3 Å². The van der Waals surface area contributed by atoms with Crippen molar-refractivity contribution in [3.63, 3.8) is 0 Å². The molecular formula is C22H44O6Si4. The maximum absolute atomic E-state index is 6.62. The van der Waals surface area contributed by atoms with Gasteiger partial charge in [-0.25, -0.2) is 0 Å². The van der Waals surface area contributed by atoms with Crippen LogP contribution in [0.3, 0.4) is 0 Å². The van der Waals surface area contributed by atoms with Crippen molar-refractivity contribution in [2.24, 2.45) is 0 Å². The Morgan fingerprint density at radius 1 is 0.781 bits per heavy atom. The van der Waals surface area contributed by atoms with Gasteiger partial charge in [0, 0.05) is 0 Å². The molecule has 1 heterocycles. The molecule has 0 radical (unpaired) electrons. The number of hydrogen-bond acceptors (Lipinski definition) is 6. The highest BCUT2D eigenvalue weighted by atomic mass is 28.5. The molecule has 1 aliphatic rings. The SMILES string of the molecule is CCC(C)c1ccc(OC(C)OCCC[Si]2(C)O[Si](C)(C)O[Si](C)(C)O[Si](C)(C)O2)cc1. The first-order chi connectivity index (χ1) is 14.6. The van der Waals surface area contributed by atoms with Gasteiger partial charge in [0.1, 0.15) is 5.75 Å². The van der Waals surface area contributed by atoms with E-state index in [1.54, 1.807) is 0 Å². The molecule has 6 nitrogen and oxygen atoms in total. The Kier molecular flexibility index (Phi) is 9.56. The minimum Gasteiger partial charge on any atom is -0.465 e. The fourth-order valence-electron chi connectivity index (χ4n) is 4.39. The monoisotopic (exact) mass is 516 g/mol. The lowest BCUT2D eigenvalue weighted by atomic mass is 9.99. The Morgan fingerprint density at radius 2 is 1.28 bits per heavy atom. The largest absolute Gasteiger partial charge is 0.465 e. The van der Waals surface area contributed by atoms with E-state index in [2.05, 4.69) is 71.8 Å². The summed E-state index contributed by atoms with van der Waals surface area (Å²) >= 11 is 0. The summed E-state index contributed by atoms with van der Waals surface area (Å²) in [6, 6.07) is 9.16. The number of hydrogen-bond donors (Lipinski definition) is 0. The lowest BCUT2D eigenvalue weighted by Gasteiger charge is -2.47. The van der Waals surface area contributed by atoms with Gasteiger partial charge < -0.3 is 25.9 Å². The zero-order valence-electron chi connectivity index (χ0n) is 21.7. The van der Waals surface area contributed by atoms with Crippen LogP contribution in [0, 0.1) is 0 Å². The van der Waals surface area contributed by atoms with Gasteiger partial charge in [-0.3, -0.25) is 0 Å². The third-order valence-corrected chi connectivity index (χ3v) is 21.9. The quantitative estimate of drug-likeness (QED) is 0.210. The predicted octanol–water partition coefficient (Wildman–Crippen LogP) is 6.59. The average molecular weight is 517 g/mol. The van der Waals surface area contributed by atoms with E-state index in [1.165, 1.54) is 5.56 Å². The minimum absolute atomic E-state index is 0.312. The second kappa shape index (κ2) is 11.0. The summed E-state index contributed by atoms with van der Waals surface area (Å²) in [7, 11) is -9.35. The van der Waals surface area contributed by atoms with Crippen molar-refractivity contribution in [2.75, 3.05) is 6.61 Å². The Labute approximate surface area is 199 Å². The van der Waals surface area contributed by atoms with Gasteiger partial charge >= 0.3 is 34.2 Å². The van der Waals surface area contributed by atoms with E-state index in [0.29, 0.717) is 12.5 Å². The van der Waals surface area contributed by atoms with Crippen LogP contribution in [0.4, 0.5) is 0 Å².